The van der Waals surface area contributed by atoms with E-state index >= 15 is 0 Å². The Kier molecular flexibility index (Phi) is 5.58. The molecule has 0 aliphatic heterocycles. The first-order chi connectivity index (χ1) is 11.6. The highest BCUT2D eigenvalue weighted by Crippen LogP contribution is 2.14. The van der Waals surface area contributed by atoms with Gasteiger partial charge in [-0.25, -0.2) is 16.8 Å². The number of amides is 1. The van der Waals surface area contributed by atoms with E-state index in [1.807, 2.05) is 9.66 Å². The zero-order chi connectivity index (χ0) is 18.7. The van der Waals surface area contributed by atoms with Crippen LogP contribution in [0, 0.1) is 6.92 Å². The molecule has 0 unspecified atom stereocenters. The van der Waals surface area contributed by atoms with Crippen LogP contribution in [-0.4, -0.2) is 22.7 Å². The summed E-state index contributed by atoms with van der Waals surface area (Å²) >= 11 is 0. The van der Waals surface area contributed by atoms with Crippen molar-refractivity contribution in [2.45, 2.75) is 23.6 Å². The molecule has 0 spiro atoms. The Morgan fingerprint density at radius 2 is 1.16 bits per heavy atom. The summed E-state index contributed by atoms with van der Waals surface area (Å²) in [6, 6.07) is 11.2. The monoisotopic (exact) mass is 383 g/mol. The van der Waals surface area contributed by atoms with Gasteiger partial charge in [-0.2, -0.15) is 0 Å². The number of anilines is 1. The normalized spacial score (nSPS) is 11.9. The molecule has 2 aromatic carbocycles. The molecule has 1 amide bonds. The number of sulfonamides is 2. The molecule has 2 aromatic rings. The molecule has 0 heterocycles. The number of nitrogens with one attached hydrogen (secondary N) is 3. The van der Waals surface area contributed by atoms with Crippen LogP contribution in [0.15, 0.2) is 58.3 Å². The summed E-state index contributed by atoms with van der Waals surface area (Å²) in [5, 5.41) is 2.50. The Labute approximate surface area is 146 Å². The minimum Gasteiger partial charge on any atom is -0.326 e. The highest BCUT2D eigenvalue weighted by molar-refractivity contribution is 7.92. The van der Waals surface area contributed by atoms with Crippen LogP contribution in [0.2, 0.25) is 0 Å². The van der Waals surface area contributed by atoms with Crippen LogP contribution in [0.4, 0.5) is 5.69 Å². The van der Waals surface area contributed by atoms with Crippen LogP contribution >= 0.6 is 0 Å². The van der Waals surface area contributed by atoms with Gasteiger partial charge in [0.25, 0.3) is 20.0 Å². The molecule has 10 heteroatoms. The summed E-state index contributed by atoms with van der Waals surface area (Å²) in [7, 11) is -8.15. The molecule has 0 atom stereocenters. The van der Waals surface area contributed by atoms with E-state index in [-0.39, 0.29) is 15.7 Å². The van der Waals surface area contributed by atoms with Crippen molar-refractivity contribution in [2.75, 3.05) is 5.32 Å². The Bertz CT molecular complexity index is 967. The number of rotatable bonds is 6. The lowest BCUT2D eigenvalue weighted by molar-refractivity contribution is -0.114. The third-order valence-electron chi connectivity index (χ3n) is 3.13. The molecule has 0 aliphatic carbocycles. The first kappa shape index (κ1) is 19.1. The van der Waals surface area contributed by atoms with Gasteiger partial charge in [0.15, 0.2) is 0 Å². The number of carbonyl (C=O) groups excluding carboxylic acids is 1. The lowest BCUT2D eigenvalue weighted by atomic mass is 10.2. The van der Waals surface area contributed by atoms with E-state index in [2.05, 4.69) is 5.32 Å². The fraction of sp³-hybridized carbons (Fsp3) is 0.133. The summed E-state index contributed by atoms with van der Waals surface area (Å²) in [6.07, 6.45) is 0. The summed E-state index contributed by atoms with van der Waals surface area (Å²) in [4.78, 5) is 14.4. The van der Waals surface area contributed by atoms with Crippen molar-refractivity contribution in [3.63, 3.8) is 0 Å². The molecule has 2 rings (SSSR count). The number of benzene rings is 2. The van der Waals surface area contributed by atoms with Crippen molar-refractivity contribution in [2.24, 2.45) is 0 Å². The first-order valence-electron chi connectivity index (χ1n) is 7.08. The summed E-state index contributed by atoms with van der Waals surface area (Å²) in [5.74, 6) is -0.292. The van der Waals surface area contributed by atoms with E-state index in [1.54, 1.807) is 19.1 Å². The molecule has 0 fully saturated rings. The van der Waals surface area contributed by atoms with Gasteiger partial charge in [0, 0.05) is 12.6 Å². The molecule has 134 valence electrons. The van der Waals surface area contributed by atoms with Crippen LogP contribution in [0.25, 0.3) is 0 Å². The Morgan fingerprint density at radius 3 is 1.56 bits per heavy atom. The highest BCUT2D eigenvalue weighted by atomic mass is 32.2. The maximum absolute atomic E-state index is 12.2. The van der Waals surface area contributed by atoms with E-state index in [9.17, 15) is 21.6 Å². The molecule has 0 radical (unpaired) electrons. The van der Waals surface area contributed by atoms with Crippen LogP contribution in [0.3, 0.4) is 0 Å². The average Bonchev–Trinajstić information content (AvgIpc) is 2.54. The van der Waals surface area contributed by atoms with Crippen LogP contribution in [0.1, 0.15) is 12.5 Å². The fourth-order valence-corrected chi connectivity index (χ4v) is 3.97. The van der Waals surface area contributed by atoms with Crippen molar-refractivity contribution in [3.8, 4) is 0 Å². The Balaban J connectivity index is 2.13. The van der Waals surface area contributed by atoms with E-state index in [4.69, 9.17) is 0 Å². The van der Waals surface area contributed by atoms with E-state index in [0.717, 1.165) is 5.56 Å². The van der Waals surface area contributed by atoms with Gasteiger partial charge >= 0.3 is 0 Å². The Morgan fingerprint density at radius 1 is 0.760 bits per heavy atom. The molecule has 0 aliphatic rings. The largest absolute Gasteiger partial charge is 0.326 e. The molecule has 25 heavy (non-hydrogen) atoms. The zero-order valence-corrected chi connectivity index (χ0v) is 15.1. The van der Waals surface area contributed by atoms with E-state index in [0.29, 0.717) is 5.69 Å². The number of hydrogen-bond acceptors (Lipinski definition) is 5. The zero-order valence-electron chi connectivity index (χ0n) is 13.5. The minimum absolute atomic E-state index is 0.0678. The molecule has 0 saturated carbocycles. The second-order valence-corrected chi connectivity index (χ2v) is 8.59. The predicted octanol–water partition coefficient (Wildman–Crippen LogP) is 1.13. The maximum atomic E-state index is 12.2. The smallest absolute Gasteiger partial charge is 0.254 e. The highest BCUT2D eigenvalue weighted by Gasteiger charge is 2.19. The summed E-state index contributed by atoms with van der Waals surface area (Å²) in [6.45, 7) is 3.13. The number of carbonyl (C=O) groups is 1. The average molecular weight is 383 g/mol. The second-order valence-electron chi connectivity index (χ2n) is 5.23. The molecule has 0 aromatic heterocycles. The van der Waals surface area contributed by atoms with Crippen molar-refractivity contribution in [1.82, 2.24) is 9.66 Å². The summed E-state index contributed by atoms with van der Waals surface area (Å²) in [5.41, 5.74) is 1.30. The van der Waals surface area contributed by atoms with Gasteiger partial charge in [-0.1, -0.05) is 17.7 Å². The maximum Gasteiger partial charge on any atom is 0.254 e. The molecule has 8 nitrogen and oxygen atoms in total. The van der Waals surface area contributed by atoms with Crippen LogP contribution < -0.4 is 15.0 Å². The van der Waals surface area contributed by atoms with Crippen molar-refractivity contribution in [3.05, 3.63) is 54.1 Å². The van der Waals surface area contributed by atoms with Gasteiger partial charge in [0.1, 0.15) is 0 Å². The third-order valence-corrected chi connectivity index (χ3v) is 5.78. The fourth-order valence-electron chi connectivity index (χ4n) is 1.87. The van der Waals surface area contributed by atoms with Crippen LogP contribution in [0.5, 0.6) is 0 Å². The first-order valence-corrected chi connectivity index (χ1v) is 10.0. The van der Waals surface area contributed by atoms with E-state index < -0.39 is 20.0 Å². The standard InChI is InChI=1S/C15H17N3O5S2/c1-11-3-7-14(8-4-11)24(20,21)17-18-25(22,23)15-9-5-13(6-10-15)16-12(2)19/h3-10,17-18H,1-2H3,(H,16,19). The van der Waals surface area contributed by atoms with Gasteiger partial charge in [-0.3, -0.25) is 4.79 Å². The van der Waals surface area contributed by atoms with Crippen molar-refractivity contribution in [1.29, 1.82) is 0 Å². The summed E-state index contributed by atoms with van der Waals surface area (Å²) < 4.78 is 48.6. The number of hydrazine groups is 1. The van der Waals surface area contributed by atoms with Gasteiger partial charge in [-0.15, -0.1) is 9.66 Å². The topological polar surface area (TPSA) is 121 Å². The predicted molar refractivity (Wildman–Crippen MR) is 92.6 cm³/mol. The van der Waals surface area contributed by atoms with Crippen LogP contribution in [-0.2, 0) is 24.8 Å². The van der Waals surface area contributed by atoms with Gasteiger partial charge in [0.05, 0.1) is 9.79 Å². The van der Waals surface area contributed by atoms with Gasteiger partial charge in [-0.05, 0) is 43.3 Å². The SMILES string of the molecule is CC(=O)Nc1ccc(S(=O)(=O)NNS(=O)(=O)c2ccc(C)cc2)cc1. The lowest BCUT2D eigenvalue weighted by Gasteiger charge is -2.10. The van der Waals surface area contributed by atoms with Gasteiger partial charge < -0.3 is 5.32 Å². The third kappa shape index (κ3) is 5.10. The second kappa shape index (κ2) is 7.31. The minimum atomic E-state index is -4.11. The van der Waals surface area contributed by atoms with Crippen molar-refractivity contribution >= 4 is 31.6 Å². The number of aryl methyl sites for hydroxylation is 1. The van der Waals surface area contributed by atoms with Gasteiger partial charge in [0.2, 0.25) is 5.91 Å². The molecule has 0 bridgehead atoms. The molecule has 0 saturated heterocycles. The number of hydrogen-bond donors (Lipinski definition) is 3. The lowest BCUT2D eigenvalue weighted by Crippen LogP contribution is -2.41. The Hall–Kier alpha value is -2.27. The van der Waals surface area contributed by atoms with Crippen molar-refractivity contribution < 1.29 is 21.6 Å². The van der Waals surface area contributed by atoms with E-state index in [1.165, 1.54) is 43.3 Å². The molecular weight excluding hydrogens is 366 g/mol. The molecular formula is C15H17N3O5S2. The quantitative estimate of drug-likeness (QED) is 0.646. The molecule has 3 N–H and O–H groups in total.